The fourth-order valence-electron chi connectivity index (χ4n) is 3.02. The van der Waals surface area contributed by atoms with Crippen molar-refractivity contribution in [2.45, 2.75) is 39.0 Å². The summed E-state index contributed by atoms with van der Waals surface area (Å²) in [5.41, 5.74) is 1.65. The largest absolute Gasteiger partial charge is 0.497 e. The van der Waals surface area contributed by atoms with Crippen molar-refractivity contribution in [2.24, 2.45) is 5.92 Å². The van der Waals surface area contributed by atoms with Crippen LogP contribution in [0.3, 0.4) is 0 Å². The van der Waals surface area contributed by atoms with Crippen LogP contribution in [-0.2, 0) is 32.1 Å². The minimum Gasteiger partial charge on any atom is -0.497 e. The van der Waals surface area contributed by atoms with Crippen molar-refractivity contribution in [3.8, 4) is 5.75 Å². The van der Waals surface area contributed by atoms with Crippen molar-refractivity contribution < 1.29 is 28.6 Å². The molecule has 0 aliphatic rings. The summed E-state index contributed by atoms with van der Waals surface area (Å²) < 4.78 is 15.2. The van der Waals surface area contributed by atoms with E-state index in [4.69, 9.17) is 14.2 Å². The first-order valence-electron chi connectivity index (χ1n) is 10.3. The summed E-state index contributed by atoms with van der Waals surface area (Å²) >= 11 is 0. The lowest BCUT2D eigenvalue weighted by molar-refractivity contribution is -0.145. The van der Waals surface area contributed by atoms with Gasteiger partial charge in [0.25, 0.3) is 0 Å². The van der Waals surface area contributed by atoms with Gasteiger partial charge in [0.15, 0.2) is 0 Å². The molecule has 2 N–H and O–H groups in total. The van der Waals surface area contributed by atoms with Gasteiger partial charge in [-0.2, -0.15) is 0 Å². The summed E-state index contributed by atoms with van der Waals surface area (Å²) in [5, 5.41) is 5.28. The minimum absolute atomic E-state index is 0.0847. The topological polar surface area (TPSA) is 103 Å². The molecule has 0 aliphatic carbocycles. The molecule has 2 aromatic rings. The molecular formula is C24H30N2O6. The molecule has 0 spiro atoms. The predicted octanol–water partition coefficient (Wildman–Crippen LogP) is 2.85. The fourth-order valence-corrected chi connectivity index (χ4v) is 3.02. The molecule has 8 heteroatoms. The summed E-state index contributed by atoms with van der Waals surface area (Å²) in [6.45, 7) is 3.66. The number of rotatable bonds is 10. The van der Waals surface area contributed by atoms with Gasteiger partial charge in [-0.05, 0) is 29.2 Å². The smallest absolute Gasteiger partial charge is 0.408 e. The molecule has 0 bridgehead atoms. The average molecular weight is 443 g/mol. The number of hydrogen-bond donors (Lipinski definition) is 2. The third-order valence-electron chi connectivity index (χ3n) is 4.84. The predicted molar refractivity (Wildman–Crippen MR) is 119 cm³/mol. The second-order valence-electron chi connectivity index (χ2n) is 7.56. The monoisotopic (exact) mass is 442 g/mol. The van der Waals surface area contributed by atoms with E-state index in [9.17, 15) is 14.4 Å². The minimum atomic E-state index is -0.913. The standard InChI is InChI=1S/C24H30N2O6/c1-16(2)21(26-24(29)32-15-18-8-6-5-7-9-18)22(27)25-20(23(28)31-4)14-17-10-12-19(30-3)13-11-17/h5-13,16,20-21H,14-15H2,1-4H3,(H,25,27)(H,26,29)/t20-,21+/m0/s1. The van der Waals surface area contributed by atoms with Gasteiger partial charge in [-0.1, -0.05) is 56.3 Å². The van der Waals surface area contributed by atoms with Gasteiger partial charge < -0.3 is 24.8 Å². The Kier molecular flexibility index (Phi) is 9.53. The SMILES string of the molecule is COC(=O)[C@H](Cc1ccc(OC)cc1)NC(=O)[C@H](NC(=O)OCc1ccccc1)C(C)C. The highest BCUT2D eigenvalue weighted by molar-refractivity contribution is 5.90. The number of amides is 2. The Bertz CT molecular complexity index is 883. The quantitative estimate of drug-likeness (QED) is 0.549. The summed E-state index contributed by atoms with van der Waals surface area (Å²) in [6, 6.07) is 14.6. The van der Waals surface area contributed by atoms with Crippen LogP contribution in [0.1, 0.15) is 25.0 Å². The van der Waals surface area contributed by atoms with Crippen molar-refractivity contribution in [3.63, 3.8) is 0 Å². The molecule has 0 unspecified atom stereocenters. The molecule has 8 nitrogen and oxygen atoms in total. The molecule has 2 atom stereocenters. The molecule has 0 radical (unpaired) electrons. The van der Waals surface area contributed by atoms with Gasteiger partial charge in [-0.25, -0.2) is 9.59 Å². The van der Waals surface area contributed by atoms with Gasteiger partial charge in [0.1, 0.15) is 24.4 Å². The lowest BCUT2D eigenvalue weighted by Crippen LogP contribution is -2.54. The van der Waals surface area contributed by atoms with Crippen molar-refractivity contribution in [3.05, 3.63) is 65.7 Å². The maximum Gasteiger partial charge on any atom is 0.408 e. The molecule has 0 saturated heterocycles. The zero-order valence-electron chi connectivity index (χ0n) is 18.8. The van der Waals surface area contributed by atoms with Crippen LogP contribution in [0, 0.1) is 5.92 Å². The van der Waals surface area contributed by atoms with Crippen LogP contribution in [0.25, 0.3) is 0 Å². The number of hydrogen-bond acceptors (Lipinski definition) is 6. The van der Waals surface area contributed by atoms with E-state index in [1.807, 2.05) is 30.3 Å². The normalized spacial score (nSPS) is 12.4. The Morgan fingerprint density at radius 1 is 0.875 bits per heavy atom. The second-order valence-corrected chi connectivity index (χ2v) is 7.56. The lowest BCUT2D eigenvalue weighted by Gasteiger charge is -2.24. The van der Waals surface area contributed by atoms with Crippen molar-refractivity contribution in [1.29, 1.82) is 0 Å². The van der Waals surface area contributed by atoms with Crippen LogP contribution in [0.2, 0.25) is 0 Å². The average Bonchev–Trinajstić information content (AvgIpc) is 2.81. The van der Waals surface area contributed by atoms with Gasteiger partial charge in [-0.15, -0.1) is 0 Å². The van der Waals surface area contributed by atoms with Gasteiger partial charge in [-0.3, -0.25) is 4.79 Å². The highest BCUT2D eigenvalue weighted by atomic mass is 16.5. The molecule has 2 amide bonds. The molecule has 0 heterocycles. The van der Waals surface area contributed by atoms with Gasteiger partial charge in [0.2, 0.25) is 5.91 Å². The highest BCUT2D eigenvalue weighted by Crippen LogP contribution is 2.14. The number of nitrogens with one attached hydrogen (secondary N) is 2. The second kappa shape index (κ2) is 12.3. The Hall–Kier alpha value is -3.55. The summed E-state index contributed by atoms with van der Waals surface area (Å²) in [4.78, 5) is 37.4. The first kappa shape index (κ1) is 24.7. The van der Waals surface area contributed by atoms with Crippen LogP contribution >= 0.6 is 0 Å². The third-order valence-corrected chi connectivity index (χ3v) is 4.84. The van der Waals surface area contributed by atoms with Crippen molar-refractivity contribution >= 4 is 18.0 Å². The number of carbonyl (C=O) groups excluding carboxylic acids is 3. The van der Waals surface area contributed by atoms with Crippen LogP contribution in [0.4, 0.5) is 4.79 Å². The molecule has 0 saturated carbocycles. The van der Waals surface area contributed by atoms with E-state index in [2.05, 4.69) is 10.6 Å². The summed E-state index contributed by atoms with van der Waals surface area (Å²) in [6.07, 6.45) is -0.487. The Morgan fingerprint density at radius 3 is 2.09 bits per heavy atom. The fraction of sp³-hybridized carbons (Fsp3) is 0.375. The number of carbonyl (C=O) groups is 3. The lowest BCUT2D eigenvalue weighted by atomic mass is 10.0. The van der Waals surface area contributed by atoms with Gasteiger partial charge in [0, 0.05) is 6.42 Å². The van der Waals surface area contributed by atoms with Crippen LogP contribution in [-0.4, -0.2) is 44.3 Å². The number of alkyl carbamates (subject to hydrolysis) is 1. The van der Waals surface area contributed by atoms with Crippen LogP contribution in [0.5, 0.6) is 5.75 Å². The van der Waals surface area contributed by atoms with Crippen molar-refractivity contribution in [2.75, 3.05) is 14.2 Å². The van der Waals surface area contributed by atoms with E-state index in [-0.39, 0.29) is 18.9 Å². The Labute approximate surface area is 188 Å². The van der Waals surface area contributed by atoms with E-state index in [1.165, 1.54) is 7.11 Å². The molecule has 0 aromatic heterocycles. The third kappa shape index (κ3) is 7.61. The summed E-state index contributed by atoms with van der Waals surface area (Å²) in [7, 11) is 2.82. The first-order chi connectivity index (χ1) is 15.3. The molecular weight excluding hydrogens is 412 g/mol. The molecule has 32 heavy (non-hydrogen) atoms. The van der Waals surface area contributed by atoms with E-state index in [0.29, 0.717) is 5.75 Å². The maximum atomic E-state index is 12.9. The number of esters is 1. The van der Waals surface area contributed by atoms with Crippen LogP contribution < -0.4 is 15.4 Å². The van der Waals surface area contributed by atoms with E-state index < -0.39 is 30.1 Å². The first-order valence-corrected chi connectivity index (χ1v) is 10.3. The van der Waals surface area contributed by atoms with Crippen LogP contribution in [0.15, 0.2) is 54.6 Å². The zero-order chi connectivity index (χ0) is 23.5. The molecule has 172 valence electrons. The van der Waals surface area contributed by atoms with Gasteiger partial charge >= 0.3 is 12.1 Å². The zero-order valence-corrected chi connectivity index (χ0v) is 18.8. The molecule has 0 aliphatic heterocycles. The number of ether oxygens (including phenoxy) is 3. The molecule has 0 fully saturated rings. The maximum absolute atomic E-state index is 12.9. The van der Waals surface area contributed by atoms with E-state index >= 15 is 0 Å². The van der Waals surface area contributed by atoms with E-state index in [0.717, 1.165) is 11.1 Å². The Morgan fingerprint density at radius 2 is 1.53 bits per heavy atom. The van der Waals surface area contributed by atoms with Crippen molar-refractivity contribution in [1.82, 2.24) is 10.6 Å². The molecule has 2 rings (SSSR count). The van der Waals surface area contributed by atoms with E-state index in [1.54, 1.807) is 45.2 Å². The molecule has 2 aromatic carbocycles. The van der Waals surface area contributed by atoms with Gasteiger partial charge in [0.05, 0.1) is 14.2 Å². The highest BCUT2D eigenvalue weighted by Gasteiger charge is 2.29. The number of methoxy groups -OCH3 is 2. The Balaban J connectivity index is 2.01. The summed E-state index contributed by atoms with van der Waals surface area (Å²) in [5.74, 6) is -0.632. The number of benzene rings is 2.